The third kappa shape index (κ3) is 1.35. The van der Waals surface area contributed by atoms with Crippen LogP contribution in [0, 0.1) is 11.3 Å². The highest BCUT2D eigenvalue weighted by molar-refractivity contribution is 6.32. The van der Waals surface area contributed by atoms with Crippen LogP contribution >= 0.6 is 11.6 Å². The molecular formula is C13H5ClN2O. The van der Waals surface area contributed by atoms with Gasteiger partial charge >= 0.3 is 0 Å². The predicted molar refractivity (Wildman–Crippen MR) is 62.8 cm³/mol. The number of nitriles is 1. The summed E-state index contributed by atoms with van der Waals surface area (Å²) in [5.41, 5.74) is 2.72. The van der Waals surface area contributed by atoms with Crippen LogP contribution in [0.25, 0.3) is 11.1 Å². The Balaban J connectivity index is 2.31. The number of aromatic nitrogens is 1. The Bertz CT molecular complexity index is 701. The molecule has 2 aromatic rings. The lowest BCUT2D eigenvalue weighted by atomic mass is 10.1. The van der Waals surface area contributed by atoms with E-state index in [0.29, 0.717) is 16.3 Å². The zero-order valence-electron chi connectivity index (χ0n) is 8.57. The third-order valence-corrected chi connectivity index (χ3v) is 2.98. The summed E-state index contributed by atoms with van der Waals surface area (Å²) >= 11 is 5.87. The molecule has 4 heteroatoms. The molecule has 0 amide bonds. The van der Waals surface area contributed by atoms with Gasteiger partial charge in [0, 0.05) is 16.1 Å². The van der Waals surface area contributed by atoms with Gasteiger partial charge in [0.1, 0.15) is 17.5 Å². The number of fused-ring (bicyclic) bond motifs is 3. The molecule has 0 aliphatic heterocycles. The Labute approximate surface area is 102 Å². The number of hydrogen-bond donors (Lipinski definition) is 0. The summed E-state index contributed by atoms with van der Waals surface area (Å²) in [6, 6.07) is 10.5. The lowest BCUT2D eigenvalue weighted by Gasteiger charge is -1.98. The molecule has 17 heavy (non-hydrogen) atoms. The van der Waals surface area contributed by atoms with E-state index in [2.05, 4.69) is 4.98 Å². The molecule has 3 rings (SSSR count). The van der Waals surface area contributed by atoms with Crippen molar-refractivity contribution in [3.05, 3.63) is 52.3 Å². The van der Waals surface area contributed by atoms with E-state index in [0.717, 1.165) is 11.1 Å². The number of nitrogens with zero attached hydrogens (tertiary/aromatic N) is 2. The largest absolute Gasteiger partial charge is 0.287 e. The molecule has 1 aliphatic rings. The molecule has 3 nitrogen and oxygen atoms in total. The Morgan fingerprint density at radius 1 is 1.12 bits per heavy atom. The Kier molecular flexibility index (Phi) is 2.01. The van der Waals surface area contributed by atoms with Gasteiger partial charge < -0.3 is 0 Å². The average molecular weight is 241 g/mol. The number of halogens is 1. The molecule has 0 spiro atoms. The number of ketones is 1. The van der Waals surface area contributed by atoms with Crippen LogP contribution in [0.3, 0.4) is 0 Å². The monoisotopic (exact) mass is 240 g/mol. The maximum Gasteiger partial charge on any atom is 0.212 e. The van der Waals surface area contributed by atoms with Crippen molar-refractivity contribution in [2.75, 3.05) is 0 Å². The highest BCUT2D eigenvalue weighted by Gasteiger charge is 2.28. The number of benzene rings is 1. The fraction of sp³-hybridized carbons (Fsp3) is 0. The summed E-state index contributed by atoms with van der Waals surface area (Å²) in [6.45, 7) is 0. The molecule has 1 aromatic heterocycles. The quantitative estimate of drug-likeness (QED) is 0.607. The smallest absolute Gasteiger partial charge is 0.212 e. The zero-order chi connectivity index (χ0) is 12.0. The van der Waals surface area contributed by atoms with Crippen LogP contribution in [0.5, 0.6) is 0 Å². The first-order valence-corrected chi connectivity index (χ1v) is 5.34. The van der Waals surface area contributed by atoms with E-state index in [1.54, 1.807) is 30.3 Å². The number of rotatable bonds is 0. The minimum atomic E-state index is -0.172. The van der Waals surface area contributed by atoms with Crippen molar-refractivity contribution < 1.29 is 4.79 Å². The van der Waals surface area contributed by atoms with Gasteiger partial charge in [-0.3, -0.25) is 4.79 Å². The normalized spacial score (nSPS) is 11.9. The van der Waals surface area contributed by atoms with Gasteiger partial charge in [-0.2, -0.15) is 5.26 Å². The molecule has 0 saturated carbocycles. The lowest BCUT2D eigenvalue weighted by molar-refractivity contribution is 0.103. The van der Waals surface area contributed by atoms with E-state index in [-0.39, 0.29) is 11.5 Å². The van der Waals surface area contributed by atoms with Gasteiger partial charge in [0.05, 0.1) is 0 Å². The zero-order valence-corrected chi connectivity index (χ0v) is 9.32. The van der Waals surface area contributed by atoms with Gasteiger partial charge in [0.2, 0.25) is 5.78 Å². The molecular weight excluding hydrogens is 236 g/mol. The van der Waals surface area contributed by atoms with Crippen LogP contribution in [-0.2, 0) is 0 Å². The highest BCUT2D eigenvalue weighted by Crippen LogP contribution is 2.36. The van der Waals surface area contributed by atoms with Gasteiger partial charge in [-0.15, -0.1) is 0 Å². The average Bonchev–Trinajstić information content (AvgIpc) is 2.62. The number of carbonyl (C=O) groups is 1. The first kappa shape index (κ1) is 10.0. The van der Waals surface area contributed by atoms with E-state index in [1.807, 2.05) is 6.07 Å². The van der Waals surface area contributed by atoms with Crippen LogP contribution < -0.4 is 0 Å². The van der Waals surface area contributed by atoms with Crippen molar-refractivity contribution in [3.8, 4) is 17.2 Å². The van der Waals surface area contributed by atoms with Crippen molar-refractivity contribution in [2.24, 2.45) is 0 Å². The Morgan fingerprint density at radius 2 is 1.88 bits per heavy atom. The highest BCUT2D eigenvalue weighted by atomic mass is 35.5. The van der Waals surface area contributed by atoms with Gasteiger partial charge in [0.25, 0.3) is 0 Å². The SMILES string of the molecule is N#Cc1ccc2c(n1)C(=O)c1cc(Cl)ccc1-2. The first-order valence-electron chi connectivity index (χ1n) is 4.96. The Hall–Kier alpha value is -2.18. The van der Waals surface area contributed by atoms with Gasteiger partial charge in [0.15, 0.2) is 0 Å². The second-order valence-electron chi connectivity index (χ2n) is 3.72. The Morgan fingerprint density at radius 3 is 2.65 bits per heavy atom. The molecule has 1 aromatic carbocycles. The number of pyridine rings is 1. The van der Waals surface area contributed by atoms with Gasteiger partial charge in [-0.1, -0.05) is 17.7 Å². The van der Waals surface area contributed by atoms with Gasteiger partial charge in [-0.25, -0.2) is 4.98 Å². The summed E-state index contributed by atoms with van der Waals surface area (Å²) < 4.78 is 0. The van der Waals surface area contributed by atoms with Crippen LogP contribution in [0.15, 0.2) is 30.3 Å². The van der Waals surface area contributed by atoms with Crippen molar-refractivity contribution >= 4 is 17.4 Å². The van der Waals surface area contributed by atoms with Gasteiger partial charge in [-0.05, 0) is 29.8 Å². The fourth-order valence-corrected chi connectivity index (χ4v) is 2.15. The fourth-order valence-electron chi connectivity index (χ4n) is 1.98. The summed E-state index contributed by atoms with van der Waals surface area (Å²) in [7, 11) is 0. The number of carbonyl (C=O) groups excluding carboxylic acids is 1. The summed E-state index contributed by atoms with van der Waals surface area (Å²) in [5.74, 6) is -0.172. The molecule has 80 valence electrons. The number of hydrogen-bond acceptors (Lipinski definition) is 3. The van der Waals surface area contributed by atoms with Crippen molar-refractivity contribution in [3.63, 3.8) is 0 Å². The molecule has 0 unspecified atom stereocenters. The van der Waals surface area contributed by atoms with Crippen molar-refractivity contribution in [2.45, 2.75) is 0 Å². The van der Waals surface area contributed by atoms with E-state index in [4.69, 9.17) is 16.9 Å². The first-order chi connectivity index (χ1) is 8.20. The molecule has 0 radical (unpaired) electrons. The summed E-state index contributed by atoms with van der Waals surface area (Å²) in [4.78, 5) is 16.1. The molecule has 1 heterocycles. The molecule has 1 aliphatic carbocycles. The molecule has 0 saturated heterocycles. The minimum Gasteiger partial charge on any atom is -0.287 e. The van der Waals surface area contributed by atoms with E-state index < -0.39 is 0 Å². The second kappa shape index (κ2) is 3.41. The molecule has 0 fully saturated rings. The maximum atomic E-state index is 12.1. The minimum absolute atomic E-state index is 0.172. The van der Waals surface area contributed by atoms with E-state index in [1.165, 1.54) is 0 Å². The third-order valence-electron chi connectivity index (χ3n) is 2.74. The molecule has 0 bridgehead atoms. The van der Waals surface area contributed by atoms with E-state index >= 15 is 0 Å². The maximum absolute atomic E-state index is 12.1. The lowest BCUT2D eigenvalue weighted by Crippen LogP contribution is -1.99. The summed E-state index contributed by atoms with van der Waals surface area (Å²) in [6.07, 6.45) is 0. The van der Waals surface area contributed by atoms with Crippen LogP contribution in [0.2, 0.25) is 5.02 Å². The van der Waals surface area contributed by atoms with Crippen LogP contribution in [0.4, 0.5) is 0 Å². The van der Waals surface area contributed by atoms with Crippen molar-refractivity contribution in [1.82, 2.24) is 4.98 Å². The summed E-state index contributed by atoms with van der Waals surface area (Å²) in [5, 5.41) is 9.29. The standard InChI is InChI=1S/C13H5ClN2O/c14-7-1-3-9-10-4-2-8(6-15)16-12(10)13(17)11(9)5-7/h1-5H. The van der Waals surface area contributed by atoms with Crippen LogP contribution in [-0.4, -0.2) is 10.8 Å². The van der Waals surface area contributed by atoms with Crippen molar-refractivity contribution in [1.29, 1.82) is 5.26 Å². The predicted octanol–water partition coefficient (Wildman–Crippen LogP) is 2.82. The molecule has 0 atom stereocenters. The topological polar surface area (TPSA) is 53.8 Å². The van der Waals surface area contributed by atoms with Crippen LogP contribution in [0.1, 0.15) is 21.7 Å². The second-order valence-corrected chi connectivity index (χ2v) is 4.16. The van der Waals surface area contributed by atoms with E-state index in [9.17, 15) is 4.79 Å². The molecule has 0 N–H and O–H groups in total.